The summed E-state index contributed by atoms with van der Waals surface area (Å²) in [5, 5.41) is 2.86. The maximum absolute atomic E-state index is 9.88. The van der Waals surface area contributed by atoms with Crippen LogP contribution in [0.5, 0.6) is 0 Å². The van der Waals surface area contributed by atoms with Crippen LogP contribution >= 0.6 is 17.0 Å². The molecule has 10 aromatic rings. The van der Waals surface area contributed by atoms with Crippen LogP contribution in [0.2, 0.25) is 0 Å². The summed E-state index contributed by atoms with van der Waals surface area (Å²) < 4.78 is 0.522. The first-order valence-corrected chi connectivity index (χ1v) is 38.9. The van der Waals surface area contributed by atoms with Gasteiger partial charge < -0.3 is 0 Å². The minimum atomic E-state index is -6.19. The second-order valence-electron chi connectivity index (χ2n) is 21.8. The van der Waals surface area contributed by atoms with Crippen LogP contribution in [0.25, 0.3) is 78.9 Å². The fourth-order valence-corrected chi connectivity index (χ4v) is 40.6. The van der Waals surface area contributed by atoms with Crippen LogP contribution in [0.3, 0.4) is 0 Å². The predicted molar refractivity (Wildman–Crippen MR) is 328 cm³/mol. The predicted octanol–water partition coefficient (Wildman–Crippen LogP) is 17.9. The van der Waals surface area contributed by atoms with Gasteiger partial charge in [0.25, 0.3) is 0 Å². The molecule has 0 spiro atoms. The zero-order chi connectivity index (χ0) is 51.7. The second-order valence-corrected chi connectivity index (χ2v) is 44.2. The molecule has 3 aliphatic rings. The van der Waals surface area contributed by atoms with E-state index in [1.165, 1.54) is 114 Å². The summed E-state index contributed by atoms with van der Waals surface area (Å²) in [4.78, 5) is 0. The molecule has 2 aliphatic carbocycles. The number of halogens is 2. The van der Waals surface area contributed by atoms with E-state index >= 15 is 0 Å². The second kappa shape index (κ2) is 19.4. The van der Waals surface area contributed by atoms with Crippen molar-refractivity contribution in [1.82, 2.24) is 0 Å². The van der Waals surface area contributed by atoms with Crippen LogP contribution in [-0.4, -0.2) is 9.52 Å². The molecule has 1 aliphatic heterocycles. The Morgan fingerprint density at radius 3 is 1.16 bits per heavy atom. The number of allylic oxidation sites excluding steroid dienone is 2. The van der Waals surface area contributed by atoms with Gasteiger partial charge in [-0.1, -0.05) is 0 Å². The molecule has 0 aromatic heterocycles. The number of benzene rings is 10. The summed E-state index contributed by atoms with van der Waals surface area (Å²) in [5.41, 5.74) is 24.7. The van der Waals surface area contributed by atoms with Crippen LogP contribution in [0.15, 0.2) is 237 Å². The van der Waals surface area contributed by atoms with Gasteiger partial charge in [0.05, 0.1) is 0 Å². The molecular weight excluding hydrogens is 1060 g/mol. The van der Waals surface area contributed by atoms with Gasteiger partial charge >= 0.3 is 463 Å². The van der Waals surface area contributed by atoms with Crippen LogP contribution in [-0.2, 0) is 16.4 Å². The Labute approximate surface area is 459 Å². The first-order chi connectivity index (χ1) is 37.1. The van der Waals surface area contributed by atoms with E-state index < -0.39 is 25.9 Å². The fraction of sp³-hybridized carbons (Fsp3) is 0.111. The number of hydrogen-bond acceptors (Lipinski definition) is 0. The van der Waals surface area contributed by atoms with Gasteiger partial charge in [-0.2, -0.15) is 0 Å². The first-order valence-electron chi connectivity index (χ1n) is 27.0. The molecule has 2 atom stereocenters. The molecule has 1 heterocycles. The van der Waals surface area contributed by atoms with E-state index in [0.29, 0.717) is 0 Å². The maximum atomic E-state index is 9.88. The van der Waals surface area contributed by atoms with Crippen LogP contribution in [0.1, 0.15) is 91.3 Å². The molecule has 13 rings (SSSR count). The normalized spacial score (nSPS) is 16.2. The Balaban J connectivity index is 1.17. The van der Waals surface area contributed by atoms with Gasteiger partial charge in [0.2, 0.25) is 0 Å². The summed E-state index contributed by atoms with van der Waals surface area (Å²) in [7, 11) is 18.7. The van der Waals surface area contributed by atoms with Gasteiger partial charge in [0.15, 0.2) is 0 Å². The van der Waals surface area contributed by atoms with Gasteiger partial charge in [-0.25, -0.2) is 0 Å². The molecule has 0 saturated carbocycles. The molecule has 4 heteroatoms. The topological polar surface area (TPSA) is 0 Å². The summed E-state index contributed by atoms with van der Waals surface area (Å²) in [6.07, 6.45) is 5.05. The molecular formula is C72H59Cl2SiZr. The molecule has 369 valence electrons. The quantitative estimate of drug-likeness (QED) is 0.113. The monoisotopic (exact) mass is 1110 g/mol. The van der Waals surface area contributed by atoms with Crippen molar-refractivity contribution in [3.63, 3.8) is 0 Å². The molecule has 0 nitrogen and oxygen atoms in total. The van der Waals surface area contributed by atoms with Crippen LogP contribution in [0, 0.1) is 0 Å². The molecule has 0 saturated heterocycles. The van der Waals surface area contributed by atoms with Crippen molar-refractivity contribution in [2.45, 2.75) is 46.8 Å². The Bertz CT molecular complexity index is 3740. The fourth-order valence-electron chi connectivity index (χ4n) is 13.6. The van der Waals surface area contributed by atoms with Gasteiger partial charge in [-0.15, -0.1) is 0 Å². The standard InChI is InChI=1S/2C30H25.C12H9Si.2ClH.Zr/c2*1-21(2)26-18-17-24-19-25(22-11-5-3-6-12-22)20-29(24)30(26)28-16-10-9-15-27(28)23-13-7-4-8-14-23;1-3-7-11-9(5-1)10-6-2-4-8-12(10)13-11;;;/h2*3-21H,1-2H3;1-7H,13H2;2*1H;/q;;;;;+2/p-2. The van der Waals surface area contributed by atoms with Crippen molar-refractivity contribution < 1.29 is 16.4 Å². The molecule has 0 radical (unpaired) electrons. The summed E-state index contributed by atoms with van der Waals surface area (Å²) in [6.45, 7) is 9.33. The third-order valence-corrected chi connectivity index (χ3v) is 39.4. The zero-order valence-corrected chi connectivity index (χ0v) is 48.8. The van der Waals surface area contributed by atoms with E-state index in [0.717, 1.165) is 11.1 Å². The van der Waals surface area contributed by atoms with Gasteiger partial charge in [0.1, 0.15) is 0 Å². The number of rotatable bonds is 11. The molecule has 0 amide bonds. The average molecular weight is 1110 g/mol. The van der Waals surface area contributed by atoms with Crippen molar-refractivity contribution >= 4 is 63.5 Å². The Kier molecular flexibility index (Phi) is 12.5. The van der Waals surface area contributed by atoms with Crippen molar-refractivity contribution in [3.8, 4) is 55.6 Å². The minimum absolute atomic E-state index is 0.245. The van der Waals surface area contributed by atoms with E-state index in [1.54, 1.807) is 0 Å². The Morgan fingerprint density at radius 1 is 0.355 bits per heavy atom. The number of fused-ring (bicyclic) bond motifs is 5. The van der Waals surface area contributed by atoms with Crippen molar-refractivity contribution in [2.75, 3.05) is 0 Å². The average Bonchev–Trinajstić information content (AvgIpc) is 4.27. The summed E-state index contributed by atoms with van der Waals surface area (Å²) in [6, 6.07) is 87.7. The van der Waals surface area contributed by atoms with Gasteiger partial charge in [0, 0.05) is 0 Å². The van der Waals surface area contributed by atoms with E-state index in [1.807, 2.05) is 0 Å². The molecule has 0 bridgehead atoms. The van der Waals surface area contributed by atoms with Crippen molar-refractivity contribution in [3.05, 3.63) is 281 Å². The molecule has 0 fully saturated rings. The Hall–Kier alpha value is -6.64. The van der Waals surface area contributed by atoms with E-state index in [4.69, 9.17) is 0 Å². The molecule has 76 heavy (non-hydrogen) atoms. The van der Waals surface area contributed by atoms with Crippen LogP contribution < -0.4 is 13.6 Å². The molecule has 10 aromatic carbocycles. The van der Waals surface area contributed by atoms with Crippen LogP contribution in [0.4, 0.5) is 0 Å². The van der Waals surface area contributed by atoms with Crippen molar-refractivity contribution in [2.24, 2.45) is 0 Å². The summed E-state index contributed by atoms with van der Waals surface area (Å²) in [5.74, 6) is 0.490. The SMILES string of the molecule is CC(C)c1ccc2c(c1-c1ccccc1-c1ccccc1)C=C(c1ccccc1)[CH]2[Zr]([Cl])([Cl])([c]1cccc2c1[SiH2]c1ccccc1-2)[CH]1C(c2ccccc2)=Cc2c1ccc(C(C)C)c2-c1ccccc1-c1ccccc1. The van der Waals surface area contributed by atoms with E-state index in [2.05, 4.69) is 276 Å². The summed E-state index contributed by atoms with van der Waals surface area (Å²) >= 11 is -6.19. The molecule has 0 N–H and O–H groups in total. The first kappa shape index (κ1) is 49.0. The van der Waals surface area contributed by atoms with Crippen molar-refractivity contribution in [1.29, 1.82) is 0 Å². The third kappa shape index (κ3) is 7.85. The van der Waals surface area contributed by atoms with E-state index in [9.17, 15) is 17.0 Å². The van der Waals surface area contributed by atoms with Gasteiger partial charge in [-0.05, 0) is 0 Å². The molecule has 2 unspecified atom stereocenters. The van der Waals surface area contributed by atoms with E-state index in [-0.39, 0.29) is 19.1 Å². The number of hydrogen-bond donors (Lipinski definition) is 0. The Morgan fingerprint density at radius 2 is 0.724 bits per heavy atom. The third-order valence-electron chi connectivity index (χ3n) is 16.9. The zero-order valence-electron chi connectivity index (χ0n) is 43.4. The van der Waals surface area contributed by atoms with Gasteiger partial charge in [-0.3, -0.25) is 0 Å².